The molecule has 0 saturated carbocycles. The van der Waals surface area contributed by atoms with Crippen molar-refractivity contribution in [2.24, 2.45) is 0 Å². The molecule has 7 aromatic rings. The molecule has 3 aromatic heterocycles. The molecule has 3 aliphatic rings. The molecule has 0 amide bonds. The fourth-order valence-corrected chi connectivity index (χ4v) is 7.86. The number of rotatable bonds is 3. The number of ether oxygens (including phenoxy) is 1. The van der Waals surface area contributed by atoms with Crippen LogP contribution in [0.3, 0.4) is 0 Å². The van der Waals surface area contributed by atoms with Crippen LogP contribution in [0.5, 0.6) is 5.75 Å². The van der Waals surface area contributed by atoms with Crippen LogP contribution < -0.4 is 9.64 Å². The molecule has 6 heteroatoms. The molecule has 6 nitrogen and oxygen atoms in total. The van der Waals surface area contributed by atoms with Gasteiger partial charge in [-0.1, -0.05) is 68.5 Å². The normalized spacial score (nSPS) is 18.6. The van der Waals surface area contributed by atoms with E-state index in [1.807, 2.05) is 42.9 Å². The van der Waals surface area contributed by atoms with Crippen molar-refractivity contribution in [3.8, 4) is 11.4 Å². The second kappa shape index (κ2) is 9.56. The smallest absolute Gasteiger partial charge is 0.141 e. The fraction of sp³-hybridized carbons (Fsp3) is 0.122. The van der Waals surface area contributed by atoms with Crippen molar-refractivity contribution < 1.29 is 9.15 Å². The maximum atomic E-state index is 6.62. The van der Waals surface area contributed by atoms with E-state index in [0.717, 1.165) is 62.0 Å². The average molecular weight is 611 g/mol. The number of furan rings is 1. The molecule has 226 valence electrons. The number of hydrogen-bond donors (Lipinski definition) is 0. The van der Waals surface area contributed by atoms with Crippen molar-refractivity contribution in [2.75, 3.05) is 4.90 Å². The predicted molar refractivity (Wildman–Crippen MR) is 185 cm³/mol. The monoisotopic (exact) mass is 610 g/mol. The van der Waals surface area contributed by atoms with Gasteiger partial charge in [0.15, 0.2) is 0 Å². The van der Waals surface area contributed by atoms with Gasteiger partial charge in [0.05, 0.1) is 17.1 Å². The van der Waals surface area contributed by atoms with E-state index in [4.69, 9.17) is 19.1 Å². The van der Waals surface area contributed by atoms with E-state index < -0.39 is 0 Å². The molecule has 0 bridgehead atoms. The third kappa shape index (κ3) is 3.78. The lowest BCUT2D eigenvalue weighted by Crippen LogP contribution is -2.31. The molecule has 1 aliphatic carbocycles. The Hall–Kier alpha value is -5.88. The van der Waals surface area contributed by atoms with Crippen molar-refractivity contribution in [3.63, 3.8) is 0 Å². The van der Waals surface area contributed by atoms with Crippen molar-refractivity contribution in [3.05, 3.63) is 162 Å². The quantitative estimate of drug-likeness (QED) is 0.199. The van der Waals surface area contributed by atoms with Gasteiger partial charge in [-0.15, -0.1) is 0 Å². The summed E-state index contributed by atoms with van der Waals surface area (Å²) in [4.78, 5) is 12.0. The lowest BCUT2D eigenvalue weighted by molar-refractivity contribution is 0.431. The van der Waals surface area contributed by atoms with Crippen LogP contribution in [-0.2, 0) is 5.41 Å². The lowest BCUT2D eigenvalue weighted by Gasteiger charge is -2.41. The van der Waals surface area contributed by atoms with Crippen molar-refractivity contribution >= 4 is 39.1 Å². The van der Waals surface area contributed by atoms with E-state index in [-0.39, 0.29) is 17.3 Å². The first-order chi connectivity index (χ1) is 23.0. The summed E-state index contributed by atoms with van der Waals surface area (Å²) in [6, 6.07) is 33.8. The summed E-state index contributed by atoms with van der Waals surface area (Å²) in [5.41, 5.74) is 8.40. The number of pyridine rings is 1. The molecule has 4 aromatic carbocycles. The third-order valence-electron chi connectivity index (χ3n) is 10.1. The highest BCUT2D eigenvalue weighted by molar-refractivity contribution is 6.07. The Labute approximate surface area is 271 Å². The summed E-state index contributed by atoms with van der Waals surface area (Å²) in [7, 11) is 0. The van der Waals surface area contributed by atoms with E-state index in [1.54, 1.807) is 0 Å². The maximum Gasteiger partial charge on any atom is 0.141 e. The van der Waals surface area contributed by atoms with Gasteiger partial charge in [0.25, 0.3) is 0 Å². The summed E-state index contributed by atoms with van der Waals surface area (Å²) >= 11 is 0. The van der Waals surface area contributed by atoms with E-state index in [0.29, 0.717) is 0 Å². The van der Waals surface area contributed by atoms with Crippen LogP contribution >= 0.6 is 0 Å². The van der Waals surface area contributed by atoms with E-state index >= 15 is 0 Å². The van der Waals surface area contributed by atoms with E-state index in [2.05, 4.69) is 114 Å². The van der Waals surface area contributed by atoms with Crippen LogP contribution in [0.15, 0.2) is 144 Å². The average Bonchev–Trinajstić information content (AvgIpc) is 3.74. The molecular weight excluding hydrogens is 580 g/mol. The van der Waals surface area contributed by atoms with Crippen molar-refractivity contribution in [2.45, 2.75) is 31.1 Å². The van der Waals surface area contributed by atoms with Gasteiger partial charge in [0.1, 0.15) is 34.3 Å². The van der Waals surface area contributed by atoms with Crippen molar-refractivity contribution in [1.29, 1.82) is 0 Å². The maximum absolute atomic E-state index is 6.62. The van der Waals surface area contributed by atoms with Gasteiger partial charge in [-0.05, 0) is 65.7 Å². The minimum Gasteiger partial charge on any atom is -0.458 e. The Morgan fingerprint density at radius 3 is 2.60 bits per heavy atom. The molecule has 0 N–H and O–H groups in total. The lowest BCUT2D eigenvalue weighted by atomic mass is 9.74. The second-order valence-electron chi connectivity index (χ2n) is 13.1. The SMILES string of the molecule is CC1(C)c2cc3oc4ccccc4c3cc2N(c2cccc(OC3=CC4c5nccn5-c5ccccc5C4C=C3)c2)c2ncccc21. The van der Waals surface area contributed by atoms with Gasteiger partial charge in [0.2, 0.25) is 0 Å². The van der Waals surface area contributed by atoms with E-state index in [1.165, 1.54) is 16.8 Å². The number of benzene rings is 4. The van der Waals surface area contributed by atoms with Gasteiger partial charge in [-0.3, -0.25) is 4.90 Å². The van der Waals surface area contributed by atoms with Gasteiger partial charge >= 0.3 is 0 Å². The summed E-state index contributed by atoms with van der Waals surface area (Å²) in [6.45, 7) is 4.53. The first-order valence-electron chi connectivity index (χ1n) is 16.1. The van der Waals surface area contributed by atoms with Gasteiger partial charge in [-0.25, -0.2) is 9.97 Å². The van der Waals surface area contributed by atoms with Crippen LogP contribution in [0.4, 0.5) is 17.2 Å². The summed E-state index contributed by atoms with van der Waals surface area (Å²) in [5, 5.41) is 2.19. The largest absolute Gasteiger partial charge is 0.458 e. The van der Waals surface area contributed by atoms with Crippen LogP contribution in [0.25, 0.3) is 27.6 Å². The summed E-state index contributed by atoms with van der Waals surface area (Å²) in [6.07, 6.45) is 12.4. The molecule has 0 fully saturated rings. The predicted octanol–water partition coefficient (Wildman–Crippen LogP) is 9.99. The topological polar surface area (TPSA) is 56.3 Å². The Morgan fingerprint density at radius 2 is 1.64 bits per heavy atom. The minimum atomic E-state index is -0.282. The summed E-state index contributed by atoms with van der Waals surface area (Å²) < 4.78 is 15.2. The molecular formula is C41H30N4O2. The van der Waals surface area contributed by atoms with E-state index in [9.17, 15) is 0 Å². The Bertz CT molecular complexity index is 2460. The molecule has 2 aliphatic heterocycles. The van der Waals surface area contributed by atoms with Crippen molar-refractivity contribution in [1.82, 2.24) is 14.5 Å². The first kappa shape index (κ1) is 26.3. The molecule has 2 unspecified atom stereocenters. The molecule has 10 rings (SSSR count). The van der Waals surface area contributed by atoms with Crippen LogP contribution in [0.1, 0.15) is 48.2 Å². The highest BCUT2D eigenvalue weighted by Crippen LogP contribution is 2.53. The molecule has 0 spiro atoms. The zero-order chi connectivity index (χ0) is 31.3. The zero-order valence-corrected chi connectivity index (χ0v) is 26.0. The van der Waals surface area contributed by atoms with Gasteiger partial charge < -0.3 is 13.7 Å². The number of aromatic nitrogens is 3. The molecule has 47 heavy (non-hydrogen) atoms. The standard InChI is InChI=1S/C41H30N4O2/c1-41(2)33-13-8-18-42-40(33)45(36-23-31-30-12-4-6-15-37(30)47-38(31)24-34(36)41)25-9-7-10-26(21-25)46-27-16-17-28-29-11-3-5-14-35(29)44-20-19-43-39(44)32(28)22-27/h3-24,28,32H,1-2H3. The fourth-order valence-electron chi connectivity index (χ4n) is 7.86. The number of fused-ring (bicyclic) bond motifs is 11. The minimum absolute atomic E-state index is 0.0857. The van der Waals surface area contributed by atoms with Gasteiger partial charge in [-0.2, -0.15) is 0 Å². The molecule has 0 radical (unpaired) electrons. The highest BCUT2D eigenvalue weighted by atomic mass is 16.5. The molecule has 0 saturated heterocycles. The van der Waals surface area contributed by atoms with Gasteiger partial charge in [0, 0.05) is 58.2 Å². The molecule has 5 heterocycles. The molecule has 2 atom stereocenters. The number of para-hydroxylation sites is 2. The number of imidazole rings is 1. The number of nitrogens with zero attached hydrogens (tertiary/aromatic N) is 4. The highest BCUT2D eigenvalue weighted by Gasteiger charge is 2.39. The summed E-state index contributed by atoms with van der Waals surface area (Å²) in [5.74, 6) is 3.81. The Morgan fingerprint density at radius 1 is 0.745 bits per heavy atom. The van der Waals surface area contributed by atoms with Crippen LogP contribution in [0.2, 0.25) is 0 Å². The zero-order valence-electron chi connectivity index (χ0n) is 26.0. The number of allylic oxidation sites excluding steroid dienone is 3. The third-order valence-corrected chi connectivity index (χ3v) is 10.1. The number of anilines is 3. The number of hydrogen-bond acceptors (Lipinski definition) is 5. The second-order valence-corrected chi connectivity index (χ2v) is 13.1. The Balaban J connectivity index is 1.07. The first-order valence-corrected chi connectivity index (χ1v) is 16.1. The van der Waals surface area contributed by atoms with Crippen LogP contribution in [-0.4, -0.2) is 14.5 Å². The Kier molecular flexibility index (Phi) is 5.36. The van der Waals surface area contributed by atoms with Crippen LogP contribution in [0, 0.1) is 0 Å².